The Kier molecular flexibility index (Phi) is 43.5. The molecule has 8 nitrogen and oxygen atoms in total. The van der Waals surface area contributed by atoms with E-state index in [0.29, 0.717) is 12.8 Å². The van der Waals surface area contributed by atoms with Crippen LogP contribution in [0.5, 0.6) is 0 Å². The van der Waals surface area contributed by atoms with E-state index in [0.717, 1.165) is 89.9 Å². The van der Waals surface area contributed by atoms with Gasteiger partial charge in [0.05, 0.1) is 40.3 Å². The molecule has 0 aliphatic carbocycles. The summed E-state index contributed by atoms with van der Waals surface area (Å²) >= 11 is 0. The summed E-state index contributed by atoms with van der Waals surface area (Å²) in [5.74, 6) is -1.78. The van der Waals surface area contributed by atoms with Crippen molar-refractivity contribution < 1.29 is 38.2 Å². The van der Waals surface area contributed by atoms with Gasteiger partial charge in [0.15, 0.2) is 6.10 Å². The standard InChI is InChI=1S/C56H95NO7/c1-6-8-10-12-14-16-18-20-22-24-26-27-29-31-33-35-37-39-41-43-45-47-55(59)64-52(50-62-49-48-53(56(60)61)57(3,4)5)51-63-54(58)46-44-42-40-38-36-34-32-30-28-25-23-21-19-17-15-13-11-9-7-2/h8-11,14-17,21,23,28,30,34,36,52-53H,6-7,12-13,18-20,22,24-27,29,31-33,35,37-51H2,1-5H3/b10-8+,11-9+,16-14+,17-15+,23-21+,30-28+,36-34+. The van der Waals surface area contributed by atoms with Crippen LogP contribution < -0.4 is 5.11 Å². The van der Waals surface area contributed by atoms with Crippen molar-refractivity contribution in [1.29, 1.82) is 0 Å². The average Bonchev–Trinajstić information content (AvgIpc) is 3.26. The molecule has 0 aromatic rings. The molecule has 2 unspecified atom stereocenters. The van der Waals surface area contributed by atoms with Crippen LogP contribution in [0.3, 0.4) is 0 Å². The van der Waals surface area contributed by atoms with E-state index in [-0.39, 0.29) is 42.7 Å². The first-order valence-electron chi connectivity index (χ1n) is 25.6. The van der Waals surface area contributed by atoms with Gasteiger partial charge in [-0.2, -0.15) is 0 Å². The van der Waals surface area contributed by atoms with E-state index < -0.39 is 18.1 Å². The highest BCUT2D eigenvalue weighted by atomic mass is 16.6. The zero-order valence-electron chi connectivity index (χ0n) is 41.7. The van der Waals surface area contributed by atoms with Crippen molar-refractivity contribution in [2.75, 3.05) is 41.0 Å². The number of nitrogens with zero attached hydrogens (tertiary/aromatic N) is 1. The maximum absolute atomic E-state index is 12.8. The average molecular weight is 894 g/mol. The second-order valence-corrected chi connectivity index (χ2v) is 18.0. The number of quaternary nitrogens is 1. The van der Waals surface area contributed by atoms with Crippen molar-refractivity contribution in [3.63, 3.8) is 0 Å². The Bertz CT molecular complexity index is 1320. The largest absolute Gasteiger partial charge is 0.544 e. The molecule has 0 aromatic carbocycles. The molecule has 0 amide bonds. The topological polar surface area (TPSA) is 102 Å². The number of likely N-dealkylation sites (N-methyl/N-ethyl adjacent to an activating group) is 1. The van der Waals surface area contributed by atoms with Gasteiger partial charge in [-0.15, -0.1) is 0 Å². The fraction of sp³-hybridized carbons (Fsp3) is 0.696. The van der Waals surface area contributed by atoms with E-state index in [1.807, 2.05) is 0 Å². The van der Waals surface area contributed by atoms with E-state index in [2.05, 4.69) is 98.9 Å². The molecule has 2 atom stereocenters. The summed E-state index contributed by atoms with van der Waals surface area (Å²) in [6.07, 6.45) is 60.4. The van der Waals surface area contributed by atoms with E-state index in [4.69, 9.17) is 14.2 Å². The van der Waals surface area contributed by atoms with E-state index in [1.54, 1.807) is 21.1 Å². The number of ether oxygens (including phenoxy) is 3. The van der Waals surface area contributed by atoms with Gasteiger partial charge in [0.1, 0.15) is 12.6 Å². The first-order chi connectivity index (χ1) is 31.1. The summed E-state index contributed by atoms with van der Waals surface area (Å²) in [5.41, 5.74) is 0. The SMILES string of the molecule is CC/C=C/C/C=C/C/C=C/C/C=C/C/C=C/CCCCCC(=O)OCC(COCCC(C(=O)[O-])[N+](C)(C)C)OC(=O)CCCCCCCCCCCCCCCC/C=C/C/C=C/CC. The first-order valence-corrected chi connectivity index (χ1v) is 25.6. The third-order valence-electron chi connectivity index (χ3n) is 11.0. The van der Waals surface area contributed by atoms with Crippen LogP contribution in [0.2, 0.25) is 0 Å². The van der Waals surface area contributed by atoms with Gasteiger partial charge in [-0.05, 0) is 83.5 Å². The lowest BCUT2D eigenvalue weighted by atomic mass is 10.0. The van der Waals surface area contributed by atoms with Crippen LogP contribution in [0.1, 0.15) is 200 Å². The number of carbonyl (C=O) groups excluding carboxylic acids is 3. The molecule has 0 heterocycles. The summed E-state index contributed by atoms with van der Waals surface area (Å²) in [5, 5.41) is 11.7. The number of carboxylic acid groups (broad SMARTS) is 1. The summed E-state index contributed by atoms with van der Waals surface area (Å²) in [6.45, 7) is 4.42. The quantitative estimate of drug-likeness (QED) is 0.0260. The predicted octanol–water partition coefficient (Wildman–Crippen LogP) is 13.5. The number of hydrogen-bond acceptors (Lipinski definition) is 7. The third kappa shape index (κ3) is 43.7. The molecule has 0 spiro atoms. The lowest BCUT2D eigenvalue weighted by Gasteiger charge is -2.34. The van der Waals surface area contributed by atoms with E-state index in [1.165, 1.54) is 77.0 Å². The Morgan fingerprint density at radius 1 is 0.469 bits per heavy atom. The highest BCUT2D eigenvalue weighted by molar-refractivity contribution is 5.70. The molecule has 0 N–H and O–H groups in total. The number of hydrogen-bond donors (Lipinski definition) is 0. The van der Waals surface area contributed by atoms with Crippen molar-refractivity contribution in [3.8, 4) is 0 Å². The molecule has 8 heteroatoms. The molecule has 366 valence electrons. The van der Waals surface area contributed by atoms with Gasteiger partial charge < -0.3 is 28.6 Å². The maximum atomic E-state index is 12.8. The maximum Gasteiger partial charge on any atom is 0.306 e. The molecule has 0 fully saturated rings. The Morgan fingerprint density at radius 3 is 1.23 bits per heavy atom. The van der Waals surface area contributed by atoms with Crippen LogP contribution in [0.25, 0.3) is 0 Å². The number of unbranched alkanes of at least 4 members (excludes halogenated alkanes) is 17. The molecular formula is C56H95NO7. The molecule has 0 aromatic heterocycles. The number of carbonyl (C=O) groups is 3. The molecule has 0 aliphatic heterocycles. The van der Waals surface area contributed by atoms with Crippen LogP contribution in [0.4, 0.5) is 0 Å². The first kappa shape index (κ1) is 60.5. The summed E-state index contributed by atoms with van der Waals surface area (Å²) < 4.78 is 17.2. The second-order valence-electron chi connectivity index (χ2n) is 18.0. The van der Waals surface area contributed by atoms with Crippen LogP contribution in [-0.4, -0.2) is 75.5 Å². The van der Waals surface area contributed by atoms with E-state index >= 15 is 0 Å². The number of esters is 2. The van der Waals surface area contributed by atoms with Crippen molar-refractivity contribution in [1.82, 2.24) is 0 Å². The Hall–Kier alpha value is -3.49. The van der Waals surface area contributed by atoms with Gasteiger partial charge in [0.2, 0.25) is 0 Å². The number of rotatable bonds is 45. The lowest BCUT2D eigenvalue weighted by molar-refractivity contribution is -0.889. The lowest BCUT2D eigenvalue weighted by Crippen LogP contribution is -2.55. The van der Waals surface area contributed by atoms with Crippen LogP contribution in [0, 0.1) is 0 Å². The van der Waals surface area contributed by atoms with Crippen molar-refractivity contribution in [2.45, 2.75) is 212 Å². The molecule has 0 bridgehead atoms. The molecule has 0 aliphatic rings. The fourth-order valence-corrected chi connectivity index (χ4v) is 7.14. The van der Waals surface area contributed by atoms with Gasteiger partial charge in [-0.1, -0.05) is 182 Å². The normalized spacial score (nSPS) is 13.6. The van der Waals surface area contributed by atoms with Crippen molar-refractivity contribution >= 4 is 17.9 Å². The molecular weight excluding hydrogens is 799 g/mol. The third-order valence-corrected chi connectivity index (χ3v) is 11.0. The Labute approximate surface area is 393 Å². The smallest absolute Gasteiger partial charge is 0.306 e. The number of aliphatic carboxylic acids is 1. The molecule has 0 rings (SSSR count). The van der Waals surface area contributed by atoms with Crippen molar-refractivity contribution in [2.24, 2.45) is 0 Å². The monoisotopic (exact) mass is 894 g/mol. The predicted molar refractivity (Wildman–Crippen MR) is 268 cm³/mol. The summed E-state index contributed by atoms with van der Waals surface area (Å²) in [7, 11) is 5.40. The molecule has 0 radical (unpaired) electrons. The summed E-state index contributed by atoms with van der Waals surface area (Å²) in [4.78, 5) is 37.0. The Balaban J connectivity index is 4.30. The minimum Gasteiger partial charge on any atom is -0.544 e. The van der Waals surface area contributed by atoms with Gasteiger partial charge in [0.25, 0.3) is 0 Å². The second kappa shape index (κ2) is 46.1. The highest BCUT2D eigenvalue weighted by Gasteiger charge is 2.25. The molecule has 0 saturated heterocycles. The van der Waals surface area contributed by atoms with E-state index in [9.17, 15) is 19.5 Å². The number of allylic oxidation sites excluding steroid dienone is 14. The van der Waals surface area contributed by atoms with Gasteiger partial charge in [-0.3, -0.25) is 9.59 Å². The van der Waals surface area contributed by atoms with Crippen LogP contribution >= 0.6 is 0 Å². The zero-order chi connectivity index (χ0) is 47.0. The van der Waals surface area contributed by atoms with Gasteiger partial charge >= 0.3 is 11.9 Å². The minimum absolute atomic E-state index is 0.0264. The fourth-order valence-electron chi connectivity index (χ4n) is 7.14. The Morgan fingerprint density at radius 2 is 0.828 bits per heavy atom. The summed E-state index contributed by atoms with van der Waals surface area (Å²) in [6, 6.07) is -0.735. The minimum atomic E-state index is -1.13. The van der Waals surface area contributed by atoms with Crippen LogP contribution in [-0.2, 0) is 28.6 Å². The van der Waals surface area contributed by atoms with Gasteiger partial charge in [0, 0.05) is 19.3 Å². The molecule has 64 heavy (non-hydrogen) atoms. The van der Waals surface area contributed by atoms with Crippen LogP contribution in [0.15, 0.2) is 85.1 Å². The molecule has 0 saturated carbocycles. The highest BCUT2D eigenvalue weighted by Crippen LogP contribution is 2.15. The zero-order valence-corrected chi connectivity index (χ0v) is 41.7. The number of carboxylic acids is 1. The van der Waals surface area contributed by atoms with Crippen molar-refractivity contribution in [3.05, 3.63) is 85.1 Å². The van der Waals surface area contributed by atoms with Gasteiger partial charge in [-0.25, -0.2) is 0 Å².